The molecule has 3 rings (SSSR count). The first kappa shape index (κ1) is 26.7. The molecule has 0 amide bonds. The molecule has 4 N–H and O–H groups in total. The van der Waals surface area contributed by atoms with E-state index < -0.39 is 11.9 Å². The van der Waals surface area contributed by atoms with Gasteiger partial charge in [-0.15, -0.1) is 0 Å². The zero-order valence-corrected chi connectivity index (χ0v) is 22.3. The van der Waals surface area contributed by atoms with Gasteiger partial charge in [-0.05, 0) is 115 Å². The van der Waals surface area contributed by atoms with Crippen molar-refractivity contribution in [3.8, 4) is 0 Å². The Labute approximate surface area is 204 Å². The Kier molecular flexibility index (Phi) is 7.02. The summed E-state index contributed by atoms with van der Waals surface area (Å²) >= 11 is 0. The molecule has 0 radical (unpaired) electrons. The molecule has 0 aromatic heterocycles. The van der Waals surface area contributed by atoms with Gasteiger partial charge in [0.15, 0.2) is 0 Å². The second kappa shape index (κ2) is 8.94. The van der Waals surface area contributed by atoms with Crippen LogP contribution in [-0.2, 0) is 22.4 Å². The Balaban J connectivity index is 2.28. The molecule has 6 heteroatoms. The maximum absolute atomic E-state index is 11.9. The highest BCUT2D eigenvalue weighted by Gasteiger charge is 2.44. The van der Waals surface area contributed by atoms with Crippen LogP contribution in [0.5, 0.6) is 0 Å². The van der Waals surface area contributed by atoms with Gasteiger partial charge in [0, 0.05) is 22.2 Å². The van der Waals surface area contributed by atoms with Gasteiger partial charge < -0.3 is 20.8 Å². The summed E-state index contributed by atoms with van der Waals surface area (Å²) in [7, 11) is 0. The lowest BCUT2D eigenvalue weighted by atomic mass is 9.65. The minimum absolute atomic E-state index is 0.0434. The fourth-order valence-electron chi connectivity index (χ4n) is 7.38. The molecule has 190 valence electrons. The molecule has 2 heterocycles. The number of benzene rings is 1. The molecule has 1 aromatic rings. The first-order chi connectivity index (χ1) is 15.4. The number of hydrogen-bond acceptors (Lipinski definition) is 4. The van der Waals surface area contributed by atoms with Crippen LogP contribution in [0.4, 0.5) is 0 Å². The van der Waals surface area contributed by atoms with Crippen molar-refractivity contribution in [2.75, 3.05) is 0 Å². The number of hydrogen-bond donors (Lipinski definition) is 4. The Bertz CT molecular complexity index is 852. The fraction of sp³-hybridized carbons (Fsp3) is 0.714. The molecule has 0 aliphatic carbocycles. The maximum Gasteiger partial charge on any atom is 0.307 e. The van der Waals surface area contributed by atoms with Crippen LogP contribution < -0.4 is 10.6 Å². The minimum atomic E-state index is -0.850. The van der Waals surface area contributed by atoms with E-state index in [0.717, 1.165) is 47.9 Å². The molecular formula is C28H44N2O4. The number of carboxylic acids is 2. The van der Waals surface area contributed by atoms with Crippen molar-refractivity contribution in [1.29, 1.82) is 0 Å². The summed E-state index contributed by atoms with van der Waals surface area (Å²) in [5, 5.41) is 27.0. The van der Waals surface area contributed by atoms with Gasteiger partial charge in [0.2, 0.25) is 0 Å². The molecule has 0 spiro atoms. The fourth-order valence-corrected chi connectivity index (χ4v) is 7.38. The van der Waals surface area contributed by atoms with Gasteiger partial charge >= 0.3 is 11.9 Å². The second-order valence-corrected chi connectivity index (χ2v) is 13.3. The molecule has 0 unspecified atom stereocenters. The average molecular weight is 473 g/mol. The SMILES string of the molecule is CC1(C)CC(c2c(CC(=O)O)ccc(CC(=O)O)c2C2CC(C)(C)NC(C)(C)C2)CC(C)(C)N1. The van der Waals surface area contributed by atoms with E-state index in [1.54, 1.807) is 0 Å². The van der Waals surface area contributed by atoms with E-state index in [-0.39, 0.29) is 46.8 Å². The number of carbonyl (C=O) groups is 2. The third-order valence-corrected chi connectivity index (χ3v) is 7.35. The topological polar surface area (TPSA) is 98.7 Å². The lowest BCUT2D eigenvalue weighted by Gasteiger charge is -2.50. The van der Waals surface area contributed by atoms with E-state index in [9.17, 15) is 19.8 Å². The van der Waals surface area contributed by atoms with E-state index in [1.807, 2.05) is 12.1 Å². The third-order valence-electron chi connectivity index (χ3n) is 7.35. The summed E-state index contributed by atoms with van der Waals surface area (Å²) in [5.41, 5.74) is 3.43. The van der Waals surface area contributed by atoms with E-state index >= 15 is 0 Å². The van der Waals surface area contributed by atoms with Crippen molar-refractivity contribution in [3.05, 3.63) is 34.4 Å². The quantitative estimate of drug-likeness (QED) is 0.466. The summed E-state index contributed by atoms with van der Waals surface area (Å²) in [4.78, 5) is 23.8. The van der Waals surface area contributed by atoms with Gasteiger partial charge in [0.1, 0.15) is 0 Å². The summed E-state index contributed by atoms with van der Waals surface area (Å²) in [5.74, 6) is -1.39. The monoisotopic (exact) mass is 472 g/mol. The van der Waals surface area contributed by atoms with E-state index in [4.69, 9.17) is 0 Å². The zero-order valence-electron chi connectivity index (χ0n) is 22.3. The van der Waals surface area contributed by atoms with E-state index in [1.165, 1.54) is 0 Å². The van der Waals surface area contributed by atoms with Crippen molar-refractivity contribution in [1.82, 2.24) is 10.6 Å². The summed E-state index contributed by atoms with van der Waals surface area (Å²) < 4.78 is 0. The van der Waals surface area contributed by atoms with Crippen LogP contribution in [-0.4, -0.2) is 44.3 Å². The minimum Gasteiger partial charge on any atom is -0.481 e. The Morgan fingerprint density at radius 1 is 0.676 bits per heavy atom. The lowest BCUT2D eigenvalue weighted by molar-refractivity contribution is -0.137. The van der Waals surface area contributed by atoms with Crippen LogP contribution in [0.1, 0.15) is 115 Å². The van der Waals surface area contributed by atoms with Gasteiger partial charge in [0.05, 0.1) is 12.8 Å². The molecule has 0 bridgehead atoms. The van der Waals surface area contributed by atoms with Crippen molar-refractivity contribution in [2.24, 2.45) is 0 Å². The van der Waals surface area contributed by atoms with Crippen molar-refractivity contribution < 1.29 is 19.8 Å². The van der Waals surface area contributed by atoms with Crippen LogP contribution in [0, 0.1) is 0 Å². The van der Waals surface area contributed by atoms with Crippen LogP contribution in [0.25, 0.3) is 0 Å². The molecule has 2 aliphatic rings. The first-order valence-electron chi connectivity index (χ1n) is 12.6. The number of aliphatic carboxylic acids is 2. The number of nitrogens with one attached hydrogen (secondary N) is 2. The average Bonchev–Trinajstić information content (AvgIpc) is 2.56. The number of rotatable bonds is 6. The van der Waals surface area contributed by atoms with Gasteiger partial charge in [-0.3, -0.25) is 9.59 Å². The standard InChI is InChI=1S/C28H44N2O4/c1-25(2)13-19(14-26(3,4)29-25)23-17(11-21(31)32)9-10-18(12-22(33)34)24(23)20-15-27(5,6)30-28(7,8)16-20/h9-10,19-20,29-30H,11-16H2,1-8H3,(H,31,32)(H,33,34). The number of carboxylic acid groups (broad SMARTS) is 2. The summed E-state index contributed by atoms with van der Waals surface area (Å²) in [6, 6.07) is 3.76. The molecule has 6 nitrogen and oxygen atoms in total. The summed E-state index contributed by atoms with van der Waals surface area (Å²) in [6.07, 6.45) is 3.43. The van der Waals surface area contributed by atoms with Crippen molar-refractivity contribution in [2.45, 2.75) is 128 Å². The lowest BCUT2D eigenvalue weighted by Crippen LogP contribution is -2.58. The van der Waals surface area contributed by atoms with Gasteiger partial charge in [-0.25, -0.2) is 0 Å². The van der Waals surface area contributed by atoms with Crippen molar-refractivity contribution in [3.63, 3.8) is 0 Å². The normalized spacial score (nSPS) is 24.0. The Morgan fingerprint density at radius 3 is 1.18 bits per heavy atom. The summed E-state index contributed by atoms with van der Waals surface area (Å²) in [6.45, 7) is 17.6. The highest BCUT2D eigenvalue weighted by molar-refractivity contribution is 5.74. The van der Waals surface area contributed by atoms with Gasteiger partial charge in [-0.1, -0.05) is 12.1 Å². The molecule has 0 saturated carbocycles. The molecular weight excluding hydrogens is 428 g/mol. The molecule has 1 aromatic carbocycles. The van der Waals surface area contributed by atoms with Crippen LogP contribution in [0.3, 0.4) is 0 Å². The second-order valence-electron chi connectivity index (χ2n) is 13.3. The predicted octanol–water partition coefficient (Wildman–Crippen LogP) is 4.99. The van der Waals surface area contributed by atoms with Crippen LogP contribution >= 0.6 is 0 Å². The van der Waals surface area contributed by atoms with Gasteiger partial charge in [0.25, 0.3) is 0 Å². The Morgan fingerprint density at radius 2 is 0.941 bits per heavy atom. The highest BCUT2D eigenvalue weighted by Crippen LogP contribution is 2.48. The van der Waals surface area contributed by atoms with Crippen molar-refractivity contribution >= 4 is 11.9 Å². The smallest absolute Gasteiger partial charge is 0.307 e. The molecule has 0 atom stereocenters. The largest absolute Gasteiger partial charge is 0.481 e. The maximum atomic E-state index is 11.9. The first-order valence-corrected chi connectivity index (χ1v) is 12.6. The van der Waals surface area contributed by atoms with E-state index in [2.05, 4.69) is 66.0 Å². The predicted molar refractivity (Wildman–Crippen MR) is 136 cm³/mol. The van der Waals surface area contributed by atoms with Crippen LogP contribution in [0.15, 0.2) is 12.1 Å². The number of piperidine rings is 2. The van der Waals surface area contributed by atoms with Crippen LogP contribution in [0.2, 0.25) is 0 Å². The van der Waals surface area contributed by atoms with E-state index in [0.29, 0.717) is 0 Å². The zero-order chi connectivity index (χ0) is 25.7. The molecule has 2 saturated heterocycles. The highest BCUT2D eigenvalue weighted by atomic mass is 16.4. The van der Waals surface area contributed by atoms with Gasteiger partial charge in [-0.2, -0.15) is 0 Å². The third kappa shape index (κ3) is 6.39. The molecule has 34 heavy (non-hydrogen) atoms. The Hall–Kier alpha value is -1.92. The molecule has 2 aliphatic heterocycles. The molecule has 2 fully saturated rings.